The molecule has 0 amide bonds. The first kappa shape index (κ1) is 15.4. The molecule has 0 bridgehead atoms. The third-order valence-corrected chi connectivity index (χ3v) is 4.63. The summed E-state index contributed by atoms with van der Waals surface area (Å²) < 4.78 is 0. The van der Waals surface area contributed by atoms with Crippen molar-refractivity contribution in [3.63, 3.8) is 0 Å². The smallest absolute Gasteiger partial charge is 0.194 e. The van der Waals surface area contributed by atoms with Crippen LogP contribution in [0.4, 0.5) is 5.69 Å². The van der Waals surface area contributed by atoms with E-state index in [1.54, 1.807) is 0 Å². The maximum absolute atomic E-state index is 13.1. The van der Waals surface area contributed by atoms with Crippen LogP contribution < -0.4 is 4.90 Å². The predicted octanol–water partition coefficient (Wildman–Crippen LogP) is 4.91. The summed E-state index contributed by atoms with van der Waals surface area (Å²) >= 11 is 0. The number of carbonyl (C=O) groups excluding carboxylic acids is 1. The summed E-state index contributed by atoms with van der Waals surface area (Å²) in [5.41, 5.74) is 6.77. The van der Waals surface area contributed by atoms with E-state index in [0.717, 1.165) is 39.1 Å². The molecule has 122 valence electrons. The first-order chi connectivity index (χ1) is 12.2. The molecule has 0 fully saturated rings. The minimum atomic E-state index is 0.104. The Labute approximate surface area is 148 Å². The summed E-state index contributed by atoms with van der Waals surface area (Å²) in [6, 6.07) is 26.2. The van der Waals surface area contributed by atoms with Crippen molar-refractivity contribution < 1.29 is 4.79 Å². The summed E-state index contributed by atoms with van der Waals surface area (Å²) in [5.74, 6) is 0.104. The number of hydrogen-bond donors (Lipinski definition) is 0. The molecule has 0 saturated carbocycles. The second-order valence-corrected chi connectivity index (χ2v) is 6.44. The lowest BCUT2D eigenvalue weighted by molar-refractivity contribution is 0.105. The van der Waals surface area contributed by atoms with Crippen molar-refractivity contribution in [2.24, 2.45) is 0 Å². The van der Waals surface area contributed by atoms with Gasteiger partial charge in [0.05, 0.1) is 0 Å². The third-order valence-electron chi connectivity index (χ3n) is 4.63. The van der Waals surface area contributed by atoms with Gasteiger partial charge >= 0.3 is 0 Å². The van der Waals surface area contributed by atoms with Crippen LogP contribution in [0.2, 0.25) is 0 Å². The predicted molar refractivity (Wildman–Crippen MR) is 104 cm³/mol. The number of fused-ring (bicyclic) bond motifs is 1. The molecule has 1 aliphatic carbocycles. The van der Waals surface area contributed by atoms with Gasteiger partial charge in [0.25, 0.3) is 0 Å². The lowest BCUT2D eigenvalue weighted by Gasteiger charge is -2.15. The molecule has 2 heteroatoms. The maximum atomic E-state index is 13.1. The van der Waals surface area contributed by atoms with Crippen molar-refractivity contribution in [3.8, 4) is 0 Å². The third kappa shape index (κ3) is 2.56. The van der Waals surface area contributed by atoms with E-state index in [1.165, 1.54) is 0 Å². The van der Waals surface area contributed by atoms with Crippen LogP contribution in [0.3, 0.4) is 0 Å². The first-order valence-electron chi connectivity index (χ1n) is 8.38. The molecule has 0 heterocycles. The molecule has 0 N–H and O–H groups in total. The quantitative estimate of drug-likeness (QED) is 0.682. The zero-order valence-electron chi connectivity index (χ0n) is 14.4. The van der Waals surface area contributed by atoms with Crippen LogP contribution >= 0.6 is 0 Å². The number of rotatable bonds is 3. The van der Waals surface area contributed by atoms with Crippen LogP contribution in [-0.4, -0.2) is 19.9 Å². The van der Waals surface area contributed by atoms with E-state index >= 15 is 0 Å². The number of hydrogen-bond acceptors (Lipinski definition) is 2. The minimum Gasteiger partial charge on any atom is -0.378 e. The number of ketones is 1. The van der Waals surface area contributed by atoms with E-state index in [2.05, 4.69) is 23.1 Å². The van der Waals surface area contributed by atoms with Gasteiger partial charge in [-0.2, -0.15) is 0 Å². The minimum absolute atomic E-state index is 0.104. The Morgan fingerprint density at radius 2 is 1.28 bits per heavy atom. The molecule has 0 atom stereocenters. The van der Waals surface area contributed by atoms with Crippen molar-refractivity contribution in [1.82, 2.24) is 0 Å². The highest BCUT2D eigenvalue weighted by Gasteiger charge is 2.30. The Morgan fingerprint density at radius 3 is 2.00 bits per heavy atom. The summed E-state index contributed by atoms with van der Waals surface area (Å²) in [6.07, 6.45) is 0. The molecule has 3 aromatic rings. The average Bonchev–Trinajstić information content (AvgIpc) is 2.95. The second-order valence-electron chi connectivity index (χ2n) is 6.44. The monoisotopic (exact) mass is 325 g/mol. The fourth-order valence-corrected chi connectivity index (χ4v) is 3.40. The largest absolute Gasteiger partial charge is 0.378 e. The van der Waals surface area contributed by atoms with Crippen LogP contribution in [0.15, 0.2) is 78.9 Å². The average molecular weight is 325 g/mol. The number of anilines is 1. The molecular weight excluding hydrogens is 306 g/mol. The van der Waals surface area contributed by atoms with Gasteiger partial charge in [0.15, 0.2) is 5.78 Å². The SMILES string of the molecule is CN(C)c1cccc(C2=C(c3ccccc3)C(=O)c3ccccc32)c1. The van der Waals surface area contributed by atoms with E-state index in [1.807, 2.05) is 74.8 Å². The topological polar surface area (TPSA) is 20.3 Å². The zero-order valence-corrected chi connectivity index (χ0v) is 14.4. The molecule has 0 spiro atoms. The van der Waals surface area contributed by atoms with Crippen molar-refractivity contribution in [2.75, 3.05) is 19.0 Å². The van der Waals surface area contributed by atoms with Gasteiger partial charge < -0.3 is 4.90 Å². The Balaban J connectivity index is 2.01. The van der Waals surface area contributed by atoms with Gasteiger partial charge in [-0.25, -0.2) is 0 Å². The Hall–Kier alpha value is -3.13. The van der Waals surface area contributed by atoms with Crippen LogP contribution in [-0.2, 0) is 0 Å². The van der Waals surface area contributed by atoms with E-state index in [-0.39, 0.29) is 5.78 Å². The molecule has 0 aliphatic heterocycles. The lowest BCUT2D eigenvalue weighted by Crippen LogP contribution is -2.08. The second kappa shape index (κ2) is 6.06. The number of allylic oxidation sites excluding steroid dienone is 1. The summed E-state index contributed by atoms with van der Waals surface area (Å²) in [4.78, 5) is 15.2. The molecule has 25 heavy (non-hydrogen) atoms. The lowest BCUT2D eigenvalue weighted by atomic mass is 9.94. The van der Waals surface area contributed by atoms with E-state index < -0.39 is 0 Å². The van der Waals surface area contributed by atoms with E-state index in [9.17, 15) is 4.79 Å². The van der Waals surface area contributed by atoms with Gasteiger partial charge in [-0.05, 0) is 28.8 Å². The highest BCUT2D eigenvalue weighted by molar-refractivity contribution is 6.41. The highest BCUT2D eigenvalue weighted by atomic mass is 16.1. The molecular formula is C23H19NO. The van der Waals surface area contributed by atoms with Crippen LogP contribution in [0, 0.1) is 0 Å². The fourth-order valence-electron chi connectivity index (χ4n) is 3.40. The Kier molecular flexibility index (Phi) is 3.73. The standard InChI is InChI=1S/C23H19NO/c1-24(2)18-12-8-11-17(15-18)21-19-13-6-7-14-20(19)23(25)22(21)16-9-4-3-5-10-16/h3-15H,1-2H3. The number of carbonyl (C=O) groups is 1. The van der Waals surface area contributed by atoms with Gasteiger partial charge in [0, 0.05) is 36.5 Å². The molecule has 0 unspecified atom stereocenters. The first-order valence-corrected chi connectivity index (χ1v) is 8.38. The summed E-state index contributed by atoms with van der Waals surface area (Å²) in [5, 5.41) is 0. The fraction of sp³-hybridized carbons (Fsp3) is 0.0870. The number of benzene rings is 3. The van der Waals surface area contributed by atoms with Crippen molar-refractivity contribution in [1.29, 1.82) is 0 Å². The van der Waals surface area contributed by atoms with Crippen molar-refractivity contribution in [3.05, 3.63) is 101 Å². The normalized spacial score (nSPS) is 13.1. The molecule has 0 aromatic heterocycles. The number of nitrogens with zero attached hydrogens (tertiary/aromatic N) is 1. The van der Waals surface area contributed by atoms with Crippen LogP contribution in [0.5, 0.6) is 0 Å². The Bertz CT molecular complexity index is 984. The van der Waals surface area contributed by atoms with E-state index in [0.29, 0.717) is 0 Å². The summed E-state index contributed by atoms with van der Waals surface area (Å²) in [6.45, 7) is 0. The maximum Gasteiger partial charge on any atom is 0.194 e. The van der Waals surface area contributed by atoms with Gasteiger partial charge in [-0.3, -0.25) is 4.79 Å². The zero-order chi connectivity index (χ0) is 17.4. The van der Waals surface area contributed by atoms with Gasteiger partial charge in [-0.15, -0.1) is 0 Å². The molecule has 4 rings (SSSR count). The summed E-state index contributed by atoms with van der Waals surface area (Å²) in [7, 11) is 4.05. The van der Waals surface area contributed by atoms with Gasteiger partial charge in [0.2, 0.25) is 0 Å². The molecule has 2 nitrogen and oxygen atoms in total. The van der Waals surface area contributed by atoms with Gasteiger partial charge in [0.1, 0.15) is 0 Å². The van der Waals surface area contributed by atoms with Crippen molar-refractivity contribution in [2.45, 2.75) is 0 Å². The van der Waals surface area contributed by atoms with E-state index in [4.69, 9.17) is 0 Å². The van der Waals surface area contributed by atoms with Crippen LogP contribution in [0.25, 0.3) is 11.1 Å². The Morgan fingerprint density at radius 1 is 0.640 bits per heavy atom. The molecule has 0 saturated heterocycles. The number of Topliss-reactive ketones (excluding diaryl/α,β-unsaturated/α-hetero) is 1. The molecule has 1 aliphatic rings. The van der Waals surface area contributed by atoms with Crippen molar-refractivity contribution >= 4 is 22.6 Å². The highest BCUT2D eigenvalue weighted by Crippen LogP contribution is 2.42. The van der Waals surface area contributed by atoms with Gasteiger partial charge in [-0.1, -0.05) is 66.7 Å². The van der Waals surface area contributed by atoms with Crippen LogP contribution in [0.1, 0.15) is 27.0 Å². The molecule has 0 radical (unpaired) electrons. The molecule has 3 aromatic carbocycles.